The number of carbonyl (C=O) groups excluding carboxylic acids is 1. The van der Waals surface area contributed by atoms with E-state index in [4.69, 9.17) is 0 Å². The summed E-state index contributed by atoms with van der Waals surface area (Å²) in [6.45, 7) is 4.68. The number of nitrogens with one attached hydrogen (secondary N) is 1. The second-order valence-electron chi connectivity index (χ2n) is 6.49. The highest BCUT2D eigenvalue weighted by Crippen LogP contribution is 2.43. The number of nitrogens with zero attached hydrogens (tertiary/aromatic N) is 3. The van der Waals surface area contributed by atoms with Crippen molar-refractivity contribution in [1.82, 2.24) is 15.2 Å². The molecule has 1 unspecified atom stereocenters. The number of hydrogen-bond acceptors (Lipinski definition) is 5. The minimum Gasteiger partial charge on any atom is -0.347 e. The van der Waals surface area contributed by atoms with Gasteiger partial charge < -0.3 is 15.1 Å². The van der Waals surface area contributed by atoms with Crippen LogP contribution in [0, 0.1) is 5.92 Å². The van der Waals surface area contributed by atoms with Crippen LogP contribution in [0.5, 0.6) is 0 Å². The quantitative estimate of drug-likeness (QED) is 0.895. The first-order chi connectivity index (χ1) is 10.3. The Morgan fingerprint density at radius 1 is 1.43 bits per heavy atom. The number of rotatable bonds is 2. The van der Waals surface area contributed by atoms with Crippen molar-refractivity contribution in [3.05, 3.63) is 11.6 Å². The molecule has 4 rings (SSSR count). The van der Waals surface area contributed by atoms with Crippen molar-refractivity contribution < 1.29 is 4.79 Å². The van der Waals surface area contributed by atoms with Gasteiger partial charge in [-0.2, -0.15) is 0 Å². The molecule has 3 fully saturated rings. The van der Waals surface area contributed by atoms with Crippen LogP contribution in [-0.4, -0.2) is 54.1 Å². The number of piperazine rings is 1. The molecule has 6 heteroatoms. The van der Waals surface area contributed by atoms with Crippen LogP contribution in [-0.2, 0) is 4.79 Å². The summed E-state index contributed by atoms with van der Waals surface area (Å²) < 4.78 is 0. The standard InChI is InChI=1S/C15H22N4OS/c20-13(19-8-5-16-11-15(19)3-4-15)12-2-1-7-18(10-12)14-17-6-9-21-14/h6,9,12,16H,1-5,7-8,10-11H2. The normalized spacial score (nSPS) is 27.9. The van der Waals surface area contributed by atoms with Crippen LogP contribution in [0.1, 0.15) is 25.7 Å². The van der Waals surface area contributed by atoms with Crippen LogP contribution in [0.15, 0.2) is 11.6 Å². The van der Waals surface area contributed by atoms with Gasteiger partial charge in [-0.1, -0.05) is 0 Å². The number of anilines is 1. The molecule has 1 saturated carbocycles. The zero-order valence-electron chi connectivity index (χ0n) is 12.3. The Kier molecular flexibility index (Phi) is 3.38. The molecule has 114 valence electrons. The number of aromatic nitrogens is 1. The zero-order valence-corrected chi connectivity index (χ0v) is 13.1. The van der Waals surface area contributed by atoms with E-state index < -0.39 is 0 Å². The fourth-order valence-corrected chi connectivity index (χ4v) is 4.40. The molecule has 3 aliphatic rings. The molecule has 1 aromatic rings. The lowest BCUT2D eigenvalue weighted by Crippen LogP contribution is -2.58. The van der Waals surface area contributed by atoms with Gasteiger partial charge in [-0.05, 0) is 25.7 Å². The first-order valence-corrected chi connectivity index (χ1v) is 8.83. The highest BCUT2D eigenvalue weighted by molar-refractivity contribution is 7.13. The molecule has 1 spiro atoms. The van der Waals surface area contributed by atoms with E-state index >= 15 is 0 Å². The number of thiazole rings is 1. The van der Waals surface area contributed by atoms with Crippen molar-refractivity contribution in [3.8, 4) is 0 Å². The van der Waals surface area contributed by atoms with Crippen molar-refractivity contribution in [2.75, 3.05) is 37.6 Å². The average molecular weight is 306 g/mol. The molecule has 0 radical (unpaired) electrons. The minimum absolute atomic E-state index is 0.151. The molecule has 1 atom stereocenters. The molecular formula is C15H22N4OS. The van der Waals surface area contributed by atoms with E-state index in [0.29, 0.717) is 5.91 Å². The molecular weight excluding hydrogens is 284 g/mol. The second-order valence-corrected chi connectivity index (χ2v) is 7.36. The van der Waals surface area contributed by atoms with Gasteiger partial charge in [0.15, 0.2) is 5.13 Å². The summed E-state index contributed by atoms with van der Waals surface area (Å²) in [4.78, 5) is 21.9. The molecule has 1 amide bonds. The maximum Gasteiger partial charge on any atom is 0.228 e. The Morgan fingerprint density at radius 3 is 3.10 bits per heavy atom. The summed E-state index contributed by atoms with van der Waals surface area (Å²) in [6, 6.07) is 0. The minimum atomic E-state index is 0.151. The Balaban J connectivity index is 1.46. The number of amides is 1. The van der Waals surface area contributed by atoms with Gasteiger partial charge in [-0.25, -0.2) is 4.98 Å². The molecule has 2 aliphatic heterocycles. The third kappa shape index (κ3) is 2.44. The van der Waals surface area contributed by atoms with Crippen molar-refractivity contribution in [1.29, 1.82) is 0 Å². The predicted molar refractivity (Wildman–Crippen MR) is 83.6 cm³/mol. The fraction of sp³-hybridized carbons (Fsp3) is 0.733. The highest BCUT2D eigenvalue weighted by Gasteiger charge is 2.52. The molecule has 2 saturated heterocycles. The van der Waals surface area contributed by atoms with Gasteiger partial charge in [0, 0.05) is 44.3 Å². The molecule has 5 nitrogen and oxygen atoms in total. The first kappa shape index (κ1) is 13.5. The maximum atomic E-state index is 13.0. The SMILES string of the molecule is O=C(C1CCCN(c2nccs2)C1)N1CCNCC12CC2. The van der Waals surface area contributed by atoms with E-state index in [1.54, 1.807) is 11.3 Å². The number of piperidine rings is 1. The van der Waals surface area contributed by atoms with Gasteiger partial charge in [0.25, 0.3) is 0 Å². The van der Waals surface area contributed by atoms with Crippen molar-refractivity contribution in [3.63, 3.8) is 0 Å². The average Bonchev–Trinajstić information content (AvgIpc) is 3.07. The largest absolute Gasteiger partial charge is 0.347 e. The van der Waals surface area contributed by atoms with Gasteiger partial charge in [0.2, 0.25) is 5.91 Å². The summed E-state index contributed by atoms with van der Waals surface area (Å²) in [5, 5.41) is 6.52. The molecule has 1 N–H and O–H groups in total. The Bertz CT molecular complexity index is 514. The van der Waals surface area contributed by atoms with Gasteiger partial charge in [-0.3, -0.25) is 4.79 Å². The summed E-state index contributed by atoms with van der Waals surface area (Å²) >= 11 is 1.67. The lowest BCUT2D eigenvalue weighted by molar-refractivity contribution is -0.140. The summed E-state index contributed by atoms with van der Waals surface area (Å²) in [5.41, 5.74) is 0.165. The van der Waals surface area contributed by atoms with Gasteiger partial charge >= 0.3 is 0 Å². The Labute approximate surface area is 129 Å². The number of hydrogen-bond donors (Lipinski definition) is 1. The van der Waals surface area contributed by atoms with Gasteiger partial charge in [-0.15, -0.1) is 11.3 Å². The second kappa shape index (κ2) is 5.25. The monoisotopic (exact) mass is 306 g/mol. The summed E-state index contributed by atoms with van der Waals surface area (Å²) in [7, 11) is 0. The topological polar surface area (TPSA) is 48.5 Å². The lowest BCUT2D eigenvalue weighted by atomic mass is 9.95. The third-order valence-corrected chi connectivity index (χ3v) is 5.92. The van der Waals surface area contributed by atoms with Crippen molar-refractivity contribution in [2.45, 2.75) is 31.2 Å². The Morgan fingerprint density at radius 2 is 2.33 bits per heavy atom. The van der Waals surface area contributed by atoms with E-state index in [1.807, 2.05) is 11.6 Å². The predicted octanol–water partition coefficient (Wildman–Crippen LogP) is 1.32. The molecule has 1 aliphatic carbocycles. The van der Waals surface area contributed by atoms with E-state index in [1.165, 1.54) is 12.8 Å². The van der Waals surface area contributed by atoms with E-state index in [9.17, 15) is 4.79 Å². The van der Waals surface area contributed by atoms with Crippen LogP contribution >= 0.6 is 11.3 Å². The van der Waals surface area contributed by atoms with E-state index in [-0.39, 0.29) is 11.5 Å². The maximum absolute atomic E-state index is 13.0. The van der Waals surface area contributed by atoms with Crippen LogP contribution in [0.25, 0.3) is 0 Å². The van der Waals surface area contributed by atoms with Crippen LogP contribution in [0.4, 0.5) is 5.13 Å². The van der Waals surface area contributed by atoms with Gasteiger partial charge in [0.05, 0.1) is 11.5 Å². The van der Waals surface area contributed by atoms with Crippen LogP contribution in [0.2, 0.25) is 0 Å². The lowest BCUT2D eigenvalue weighted by Gasteiger charge is -2.41. The van der Waals surface area contributed by atoms with Crippen molar-refractivity contribution in [2.24, 2.45) is 5.92 Å². The third-order valence-electron chi connectivity index (χ3n) is 5.09. The Hall–Kier alpha value is -1.14. The molecule has 21 heavy (non-hydrogen) atoms. The molecule has 0 aromatic carbocycles. The zero-order chi connectivity index (χ0) is 14.3. The first-order valence-electron chi connectivity index (χ1n) is 7.95. The molecule has 1 aromatic heterocycles. The number of carbonyl (C=O) groups is 1. The highest BCUT2D eigenvalue weighted by atomic mass is 32.1. The fourth-order valence-electron chi connectivity index (χ4n) is 3.72. The van der Waals surface area contributed by atoms with Gasteiger partial charge in [0.1, 0.15) is 0 Å². The van der Waals surface area contributed by atoms with E-state index in [2.05, 4.69) is 20.1 Å². The molecule has 0 bridgehead atoms. The van der Waals surface area contributed by atoms with E-state index in [0.717, 1.165) is 50.7 Å². The van der Waals surface area contributed by atoms with Crippen LogP contribution < -0.4 is 10.2 Å². The van der Waals surface area contributed by atoms with Crippen LogP contribution in [0.3, 0.4) is 0 Å². The smallest absolute Gasteiger partial charge is 0.228 e. The summed E-state index contributed by atoms with van der Waals surface area (Å²) in [5.74, 6) is 0.536. The molecule has 3 heterocycles. The van der Waals surface area contributed by atoms with Crippen molar-refractivity contribution >= 4 is 22.4 Å². The summed E-state index contributed by atoms with van der Waals surface area (Å²) in [6.07, 6.45) is 6.32.